The van der Waals surface area contributed by atoms with Crippen molar-refractivity contribution in [2.45, 2.75) is 11.3 Å². The Kier molecular flexibility index (Phi) is 7.49. The minimum Gasteiger partial charge on any atom is -0.278 e. The number of benzene rings is 6. The fourth-order valence-corrected chi connectivity index (χ4v) is 9.41. The number of fused-ring (bicyclic) bond motifs is 6. The lowest BCUT2D eigenvalue weighted by molar-refractivity contribution is 0.447. The summed E-state index contributed by atoms with van der Waals surface area (Å²) in [6.07, 6.45) is 9.22. The van der Waals surface area contributed by atoms with Crippen LogP contribution in [0, 0.1) is 5.92 Å². The predicted octanol–water partition coefficient (Wildman–Crippen LogP) is 12.0. The van der Waals surface area contributed by atoms with E-state index in [2.05, 4.69) is 187 Å². The molecule has 56 heavy (non-hydrogen) atoms. The van der Waals surface area contributed by atoms with Crippen molar-refractivity contribution in [3.63, 3.8) is 0 Å². The third-order valence-electron chi connectivity index (χ3n) is 11.8. The van der Waals surface area contributed by atoms with Crippen LogP contribution in [0.25, 0.3) is 55.8 Å². The maximum Gasteiger partial charge on any atom is 0.235 e. The van der Waals surface area contributed by atoms with Crippen molar-refractivity contribution in [2.24, 2.45) is 5.92 Å². The standard InChI is InChI=1S/C52H36N4/c1-4-16-35(17-5-1)46-34-47(36-18-6-2-7-19-36)55-51(54-46)56-48-25-13-11-23-41(48)43-33-38(28-30-49(43)56)37-27-29-45-42(32-37)40-22-10-12-24-44(40)52(45,39-20-8-3-9-21-39)50-26-14-15-31-53-50/h1-34,42,45H. The van der Waals surface area contributed by atoms with Gasteiger partial charge < -0.3 is 0 Å². The van der Waals surface area contributed by atoms with E-state index < -0.39 is 5.41 Å². The van der Waals surface area contributed by atoms with Crippen LogP contribution in [0.2, 0.25) is 0 Å². The summed E-state index contributed by atoms with van der Waals surface area (Å²) < 4.78 is 2.22. The summed E-state index contributed by atoms with van der Waals surface area (Å²) in [4.78, 5) is 15.5. The first-order valence-electron chi connectivity index (χ1n) is 19.3. The summed E-state index contributed by atoms with van der Waals surface area (Å²) in [7, 11) is 0. The van der Waals surface area contributed by atoms with Crippen molar-refractivity contribution in [3.8, 4) is 28.5 Å². The van der Waals surface area contributed by atoms with Crippen molar-refractivity contribution in [3.05, 3.63) is 234 Å². The van der Waals surface area contributed by atoms with Crippen molar-refractivity contribution >= 4 is 27.4 Å². The van der Waals surface area contributed by atoms with Crippen LogP contribution < -0.4 is 0 Å². The number of nitrogens with zero attached hydrogens (tertiary/aromatic N) is 4. The van der Waals surface area contributed by atoms with E-state index in [1.165, 1.54) is 38.6 Å². The highest BCUT2D eigenvalue weighted by Crippen LogP contribution is 2.59. The molecule has 0 bridgehead atoms. The van der Waals surface area contributed by atoms with Gasteiger partial charge in [0.2, 0.25) is 5.95 Å². The molecule has 6 aromatic carbocycles. The number of para-hydroxylation sites is 1. The van der Waals surface area contributed by atoms with Crippen LogP contribution >= 0.6 is 0 Å². The summed E-state index contributed by atoms with van der Waals surface area (Å²) >= 11 is 0. The van der Waals surface area contributed by atoms with Crippen LogP contribution in [0.15, 0.2) is 206 Å². The van der Waals surface area contributed by atoms with Gasteiger partial charge in [-0.15, -0.1) is 0 Å². The zero-order valence-electron chi connectivity index (χ0n) is 30.6. The number of rotatable bonds is 6. The lowest BCUT2D eigenvalue weighted by atomic mass is 9.64. The van der Waals surface area contributed by atoms with Gasteiger partial charge in [-0.3, -0.25) is 9.55 Å². The molecule has 4 heteroatoms. The Morgan fingerprint density at radius 2 is 1.16 bits per heavy atom. The molecule has 0 spiro atoms. The Morgan fingerprint density at radius 1 is 0.518 bits per heavy atom. The molecule has 2 aliphatic rings. The molecular formula is C52H36N4. The summed E-state index contributed by atoms with van der Waals surface area (Å²) in [6.45, 7) is 0. The van der Waals surface area contributed by atoms with Crippen LogP contribution in [0.1, 0.15) is 33.9 Å². The number of hydrogen-bond acceptors (Lipinski definition) is 3. The normalized spacial score (nSPS) is 18.5. The monoisotopic (exact) mass is 716 g/mol. The second-order valence-corrected chi connectivity index (χ2v) is 14.8. The molecule has 3 unspecified atom stereocenters. The van der Waals surface area contributed by atoms with Gasteiger partial charge >= 0.3 is 0 Å². The van der Waals surface area contributed by atoms with Gasteiger partial charge in [-0.25, -0.2) is 9.97 Å². The largest absolute Gasteiger partial charge is 0.278 e. The molecule has 0 N–H and O–H groups in total. The van der Waals surface area contributed by atoms with Gasteiger partial charge in [0.15, 0.2) is 0 Å². The van der Waals surface area contributed by atoms with Crippen molar-refractivity contribution < 1.29 is 0 Å². The molecule has 3 atom stereocenters. The van der Waals surface area contributed by atoms with E-state index in [4.69, 9.17) is 15.0 Å². The highest BCUT2D eigenvalue weighted by Gasteiger charge is 2.54. The first-order chi connectivity index (χ1) is 27.8. The molecule has 0 saturated carbocycles. The average Bonchev–Trinajstić information content (AvgIpc) is 3.78. The first-order valence-corrected chi connectivity index (χ1v) is 19.3. The van der Waals surface area contributed by atoms with Gasteiger partial charge in [-0.05, 0) is 64.2 Å². The zero-order valence-corrected chi connectivity index (χ0v) is 30.6. The minimum absolute atomic E-state index is 0.166. The SMILES string of the molecule is C1=CC2C(C=C1c1ccc3c(c1)c1ccccc1n3-c1nc(-c3ccccc3)cc(-c3ccccc3)n1)c1ccccc1C2(c1ccccc1)c1ccccn1. The van der Waals surface area contributed by atoms with Gasteiger partial charge in [0.05, 0.1) is 33.5 Å². The topological polar surface area (TPSA) is 43.6 Å². The Morgan fingerprint density at radius 3 is 1.89 bits per heavy atom. The van der Waals surface area contributed by atoms with Crippen LogP contribution in [0.3, 0.4) is 0 Å². The van der Waals surface area contributed by atoms with Crippen molar-refractivity contribution in [1.82, 2.24) is 19.5 Å². The van der Waals surface area contributed by atoms with E-state index in [-0.39, 0.29) is 11.8 Å². The molecule has 0 saturated heterocycles. The Labute approximate surface area is 325 Å². The van der Waals surface area contributed by atoms with Gasteiger partial charge in [0.1, 0.15) is 0 Å². The Balaban J connectivity index is 1.07. The van der Waals surface area contributed by atoms with E-state index in [0.717, 1.165) is 39.2 Å². The summed E-state index contributed by atoms with van der Waals surface area (Å²) in [5.74, 6) is 0.994. The lowest BCUT2D eigenvalue weighted by Gasteiger charge is -2.38. The lowest BCUT2D eigenvalue weighted by Crippen LogP contribution is -2.36. The second-order valence-electron chi connectivity index (χ2n) is 14.8. The van der Waals surface area contributed by atoms with E-state index in [1.54, 1.807) is 0 Å². The molecule has 3 aromatic heterocycles. The third-order valence-corrected chi connectivity index (χ3v) is 11.8. The van der Waals surface area contributed by atoms with Crippen LogP contribution in [0.5, 0.6) is 0 Å². The fourth-order valence-electron chi connectivity index (χ4n) is 9.41. The third kappa shape index (κ3) is 4.96. The molecule has 4 nitrogen and oxygen atoms in total. The maximum absolute atomic E-state index is 5.23. The zero-order chi connectivity index (χ0) is 37.1. The van der Waals surface area contributed by atoms with E-state index >= 15 is 0 Å². The maximum atomic E-state index is 5.23. The minimum atomic E-state index is -0.410. The van der Waals surface area contributed by atoms with Gasteiger partial charge in [-0.2, -0.15) is 0 Å². The molecule has 0 radical (unpaired) electrons. The quantitative estimate of drug-likeness (QED) is 0.172. The van der Waals surface area contributed by atoms with E-state index in [0.29, 0.717) is 5.95 Å². The molecule has 3 heterocycles. The number of aromatic nitrogens is 4. The molecular weight excluding hydrogens is 681 g/mol. The van der Waals surface area contributed by atoms with Crippen molar-refractivity contribution in [1.29, 1.82) is 0 Å². The average molecular weight is 717 g/mol. The number of allylic oxidation sites excluding steroid dienone is 4. The molecule has 0 amide bonds. The fraction of sp³-hybridized carbons (Fsp3) is 0.0577. The smallest absolute Gasteiger partial charge is 0.235 e. The molecule has 2 aliphatic carbocycles. The summed E-state index contributed by atoms with van der Waals surface area (Å²) in [6, 6.07) is 64.6. The van der Waals surface area contributed by atoms with Crippen LogP contribution in [0.4, 0.5) is 0 Å². The van der Waals surface area contributed by atoms with Gasteiger partial charge in [0, 0.05) is 39.9 Å². The van der Waals surface area contributed by atoms with E-state index in [9.17, 15) is 0 Å². The van der Waals surface area contributed by atoms with Gasteiger partial charge in [-0.1, -0.05) is 164 Å². The van der Waals surface area contributed by atoms with E-state index in [1.807, 2.05) is 24.4 Å². The Bertz CT molecular complexity index is 2870. The van der Waals surface area contributed by atoms with Crippen LogP contribution in [-0.2, 0) is 5.41 Å². The molecule has 11 rings (SSSR count). The number of pyridine rings is 1. The van der Waals surface area contributed by atoms with Crippen molar-refractivity contribution in [2.75, 3.05) is 0 Å². The molecule has 0 fully saturated rings. The Hall–Kier alpha value is -7.17. The highest BCUT2D eigenvalue weighted by atomic mass is 15.2. The molecule has 264 valence electrons. The van der Waals surface area contributed by atoms with Gasteiger partial charge in [0.25, 0.3) is 0 Å². The number of hydrogen-bond donors (Lipinski definition) is 0. The second kappa shape index (κ2) is 13.0. The predicted molar refractivity (Wildman–Crippen MR) is 228 cm³/mol. The summed E-state index contributed by atoms with van der Waals surface area (Å²) in [5.41, 5.74) is 13.1. The summed E-state index contributed by atoms with van der Waals surface area (Å²) in [5, 5.41) is 2.34. The van der Waals surface area contributed by atoms with Crippen LogP contribution in [-0.4, -0.2) is 19.5 Å². The first kappa shape index (κ1) is 32.3. The highest BCUT2D eigenvalue weighted by molar-refractivity contribution is 6.10. The molecule has 9 aromatic rings. The molecule has 0 aliphatic heterocycles.